The number of carbonyl (C=O) groups excluding carboxylic acids is 1. The average Bonchev–Trinajstić information content (AvgIpc) is 2.56. The van der Waals surface area contributed by atoms with Crippen molar-refractivity contribution >= 4 is 11.6 Å². The van der Waals surface area contributed by atoms with Gasteiger partial charge in [0.15, 0.2) is 0 Å². The van der Waals surface area contributed by atoms with Crippen LogP contribution in [0.1, 0.15) is 24.5 Å². The molecule has 2 rings (SSSR count). The van der Waals surface area contributed by atoms with Gasteiger partial charge in [0, 0.05) is 19.5 Å². The normalized spacial score (nSPS) is 10.2. The average molecular weight is 312 g/mol. The Hall–Kier alpha value is -2.49. The Morgan fingerprint density at radius 1 is 1.09 bits per heavy atom. The van der Waals surface area contributed by atoms with Crippen molar-refractivity contribution in [2.75, 3.05) is 18.5 Å². The third-order valence-electron chi connectivity index (χ3n) is 3.59. The van der Waals surface area contributed by atoms with Crippen molar-refractivity contribution in [2.24, 2.45) is 0 Å². The first-order chi connectivity index (χ1) is 11.2. The molecule has 0 heterocycles. The van der Waals surface area contributed by atoms with E-state index in [-0.39, 0.29) is 5.91 Å². The molecular weight excluding hydrogens is 288 g/mol. The Morgan fingerprint density at radius 2 is 1.83 bits per heavy atom. The van der Waals surface area contributed by atoms with E-state index in [0.29, 0.717) is 26.1 Å². The molecule has 0 bridgehead atoms. The van der Waals surface area contributed by atoms with Gasteiger partial charge < -0.3 is 15.4 Å². The van der Waals surface area contributed by atoms with Crippen LogP contribution in [0.2, 0.25) is 0 Å². The Kier molecular flexibility index (Phi) is 6.48. The number of para-hydroxylation sites is 2. The molecule has 0 aliphatic heterocycles. The van der Waals surface area contributed by atoms with Gasteiger partial charge in [0.2, 0.25) is 5.91 Å². The maximum absolute atomic E-state index is 11.9. The van der Waals surface area contributed by atoms with Crippen LogP contribution in [0.15, 0.2) is 48.5 Å². The summed E-state index contributed by atoms with van der Waals surface area (Å²) in [4.78, 5) is 11.9. The molecule has 0 atom stereocenters. The van der Waals surface area contributed by atoms with Gasteiger partial charge >= 0.3 is 0 Å². The SMILES string of the molecule is CCOc1ccccc1NCCC(=O)NCc1ccccc1C. The van der Waals surface area contributed by atoms with Crippen molar-refractivity contribution in [1.29, 1.82) is 0 Å². The van der Waals surface area contributed by atoms with Crippen molar-refractivity contribution in [3.8, 4) is 5.75 Å². The number of ether oxygens (including phenoxy) is 1. The third kappa shape index (κ3) is 5.33. The van der Waals surface area contributed by atoms with Crippen LogP contribution in [0.3, 0.4) is 0 Å². The van der Waals surface area contributed by atoms with Crippen molar-refractivity contribution < 1.29 is 9.53 Å². The molecule has 2 aromatic rings. The molecule has 0 unspecified atom stereocenters. The molecule has 4 nitrogen and oxygen atoms in total. The van der Waals surface area contributed by atoms with Crippen LogP contribution in [-0.4, -0.2) is 19.1 Å². The Labute approximate surface area is 137 Å². The van der Waals surface area contributed by atoms with Crippen LogP contribution in [-0.2, 0) is 11.3 Å². The molecule has 4 heteroatoms. The molecule has 2 N–H and O–H groups in total. The zero-order chi connectivity index (χ0) is 16.5. The van der Waals surface area contributed by atoms with E-state index in [2.05, 4.69) is 10.6 Å². The number of carbonyl (C=O) groups is 1. The van der Waals surface area contributed by atoms with Crippen molar-refractivity contribution in [3.05, 3.63) is 59.7 Å². The summed E-state index contributed by atoms with van der Waals surface area (Å²) < 4.78 is 5.55. The summed E-state index contributed by atoms with van der Waals surface area (Å²) in [6.45, 7) is 5.77. The third-order valence-corrected chi connectivity index (χ3v) is 3.59. The number of rotatable bonds is 8. The molecule has 2 aromatic carbocycles. The van der Waals surface area contributed by atoms with E-state index in [9.17, 15) is 4.79 Å². The molecule has 122 valence electrons. The number of amides is 1. The maximum atomic E-state index is 11.9. The van der Waals surface area contributed by atoms with E-state index >= 15 is 0 Å². The minimum absolute atomic E-state index is 0.0367. The van der Waals surface area contributed by atoms with Gasteiger partial charge in [-0.15, -0.1) is 0 Å². The first kappa shape index (κ1) is 16.9. The molecule has 0 aliphatic rings. The number of aryl methyl sites for hydroxylation is 1. The highest BCUT2D eigenvalue weighted by atomic mass is 16.5. The molecule has 0 aliphatic carbocycles. The lowest BCUT2D eigenvalue weighted by Crippen LogP contribution is -2.25. The van der Waals surface area contributed by atoms with Crippen molar-refractivity contribution in [3.63, 3.8) is 0 Å². The Bertz CT molecular complexity index is 641. The summed E-state index contributed by atoms with van der Waals surface area (Å²) >= 11 is 0. The molecule has 0 fully saturated rings. The zero-order valence-corrected chi connectivity index (χ0v) is 13.8. The lowest BCUT2D eigenvalue weighted by molar-refractivity contribution is -0.121. The van der Waals surface area contributed by atoms with Gasteiger partial charge in [-0.05, 0) is 37.1 Å². The summed E-state index contributed by atoms with van der Waals surface area (Å²) in [5.74, 6) is 0.852. The fraction of sp³-hybridized carbons (Fsp3) is 0.316. The van der Waals surface area contributed by atoms with Gasteiger partial charge in [-0.3, -0.25) is 4.79 Å². The largest absolute Gasteiger partial charge is 0.492 e. The Balaban J connectivity index is 1.76. The highest BCUT2D eigenvalue weighted by Gasteiger charge is 2.05. The van der Waals surface area contributed by atoms with Crippen LogP contribution in [0.5, 0.6) is 5.75 Å². The monoisotopic (exact) mass is 312 g/mol. The van der Waals surface area contributed by atoms with Gasteiger partial charge in [0.1, 0.15) is 5.75 Å². The standard InChI is InChI=1S/C19H24N2O2/c1-3-23-18-11-7-6-10-17(18)20-13-12-19(22)21-14-16-9-5-4-8-15(16)2/h4-11,20H,3,12-14H2,1-2H3,(H,21,22). The smallest absolute Gasteiger partial charge is 0.222 e. The van der Waals surface area contributed by atoms with Gasteiger partial charge in [-0.25, -0.2) is 0 Å². The predicted molar refractivity (Wildman–Crippen MR) is 93.7 cm³/mol. The first-order valence-electron chi connectivity index (χ1n) is 7.97. The summed E-state index contributed by atoms with van der Waals surface area (Å²) in [5.41, 5.74) is 3.26. The fourth-order valence-corrected chi connectivity index (χ4v) is 2.30. The van der Waals surface area contributed by atoms with Gasteiger partial charge in [-0.1, -0.05) is 36.4 Å². The van der Waals surface area contributed by atoms with Crippen LogP contribution in [0.4, 0.5) is 5.69 Å². The van der Waals surface area contributed by atoms with E-state index in [1.165, 1.54) is 5.56 Å². The summed E-state index contributed by atoms with van der Waals surface area (Å²) in [5, 5.41) is 6.21. The highest BCUT2D eigenvalue weighted by Crippen LogP contribution is 2.23. The number of nitrogens with one attached hydrogen (secondary N) is 2. The minimum Gasteiger partial charge on any atom is -0.492 e. The van der Waals surface area contributed by atoms with Gasteiger partial charge in [-0.2, -0.15) is 0 Å². The van der Waals surface area contributed by atoms with E-state index in [1.807, 2.05) is 62.4 Å². The van der Waals surface area contributed by atoms with Gasteiger partial charge in [0.05, 0.1) is 12.3 Å². The molecule has 0 aromatic heterocycles. The van der Waals surface area contributed by atoms with E-state index in [1.54, 1.807) is 0 Å². The zero-order valence-electron chi connectivity index (χ0n) is 13.8. The second-order valence-corrected chi connectivity index (χ2v) is 5.31. The summed E-state index contributed by atoms with van der Waals surface area (Å²) in [7, 11) is 0. The molecule has 0 saturated carbocycles. The lowest BCUT2D eigenvalue weighted by Gasteiger charge is -2.12. The molecule has 0 radical (unpaired) electrons. The van der Waals surface area contributed by atoms with E-state index < -0.39 is 0 Å². The minimum atomic E-state index is 0.0367. The lowest BCUT2D eigenvalue weighted by atomic mass is 10.1. The summed E-state index contributed by atoms with van der Waals surface area (Å²) in [6, 6.07) is 15.8. The second kappa shape index (κ2) is 8.83. The van der Waals surface area contributed by atoms with E-state index in [0.717, 1.165) is 17.0 Å². The van der Waals surface area contributed by atoms with Crippen LogP contribution in [0.25, 0.3) is 0 Å². The van der Waals surface area contributed by atoms with Crippen LogP contribution in [0, 0.1) is 6.92 Å². The number of benzene rings is 2. The summed E-state index contributed by atoms with van der Waals surface area (Å²) in [6.07, 6.45) is 0.423. The van der Waals surface area contributed by atoms with Crippen LogP contribution >= 0.6 is 0 Å². The fourth-order valence-electron chi connectivity index (χ4n) is 2.30. The van der Waals surface area contributed by atoms with Crippen LogP contribution < -0.4 is 15.4 Å². The topological polar surface area (TPSA) is 50.4 Å². The Morgan fingerprint density at radius 3 is 2.61 bits per heavy atom. The second-order valence-electron chi connectivity index (χ2n) is 5.31. The highest BCUT2D eigenvalue weighted by molar-refractivity contribution is 5.76. The number of hydrogen-bond donors (Lipinski definition) is 2. The number of anilines is 1. The molecule has 23 heavy (non-hydrogen) atoms. The maximum Gasteiger partial charge on any atom is 0.222 e. The van der Waals surface area contributed by atoms with Gasteiger partial charge in [0.25, 0.3) is 0 Å². The predicted octanol–water partition coefficient (Wildman–Crippen LogP) is 3.51. The molecular formula is C19H24N2O2. The molecule has 0 spiro atoms. The number of hydrogen-bond acceptors (Lipinski definition) is 3. The quantitative estimate of drug-likeness (QED) is 0.784. The van der Waals surface area contributed by atoms with E-state index in [4.69, 9.17) is 4.74 Å². The van der Waals surface area contributed by atoms with Crippen molar-refractivity contribution in [1.82, 2.24) is 5.32 Å². The first-order valence-corrected chi connectivity index (χ1v) is 7.97. The molecule has 0 saturated heterocycles. The van der Waals surface area contributed by atoms with Crippen molar-refractivity contribution in [2.45, 2.75) is 26.8 Å². The molecule has 1 amide bonds.